The minimum Gasteiger partial charge on any atom is -0.457 e. The summed E-state index contributed by atoms with van der Waals surface area (Å²) in [6, 6.07) is 17.9. The van der Waals surface area contributed by atoms with Crippen molar-refractivity contribution in [1.29, 1.82) is 0 Å². The predicted octanol–water partition coefficient (Wildman–Crippen LogP) is 4.58. The first-order valence-electron chi connectivity index (χ1n) is 11.9. The first kappa shape index (κ1) is 23.9. The van der Waals surface area contributed by atoms with Crippen LogP contribution in [-0.4, -0.2) is 35.9 Å². The highest BCUT2D eigenvalue weighted by Crippen LogP contribution is 2.41. The van der Waals surface area contributed by atoms with E-state index in [4.69, 9.17) is 10.5 Å². The van der Waals surface area contributed by atoms with Gasteiger partial charge in [0.2, 0.25) is 0 Å². The molecule has 3 aromatic carbocycles. The van der Waals surface area contributed by atoms with Gasteiger partial charge in [0.25, 0.3) is 11.8 Å². The molecule has 1 aliphatic rings. The number of H-pyrrole nitrogens is 1. The van der Waals surface area contributed by atoms with Gasteiger partial charge in [-0.1, -0.05) is 36.3 Å². The molecule has 1 aromatic heterocycles. The molecular weight excluding hydrogens is 471 g/mol. The van der Waals surface area contributed by atoms with Crippen molar-refractivity contribution in [3.8, 4) is 34.5 Å². The van der Waals surface area contributed by atoms with E-state index in [0.29, 0.717) is 41.9 Å². The minimum absolute atomic E-state index is 0.0776. The van der Waals surface area contributed by atoms with Crippen LogP contribution in [0.3, 0.4) is 0 Å². The van der Waals surface area contributed by atoms with E-state index >= 15 is 4.39 Å². The quantitative estimate of drug-likeness (QED) is 0.340. The molecule has 0 aliphatic carbocycles. The van der Waals surface area contributed by atoms with E-state index in [9.17, 15) is 9.59 Å². The topological polar surface area (TPSA) is 100 Å². The van der Waals surface area contributed by atoms with Crippen LogP contribution in [0, 0.1) is 17.7 Å². The van der Waals surface area contributed by atoms with Gasteiger partial charge in [-0.3, -0.25) is 9.59 Å². The molecule has 0 unspecified atom stereocenters. The number of anilines is 1. The van der Waals surface area contributed by atoms with Crippen LogP contribution in [0.4, 0.5) is 10.1 Å². The van der Waals surface area contributed by atoms with E-state index in [1.165, 1.54) is 6.07 Å². The number of carbonyl (C=O) groups is 2. The molecule has 0 spiro atoms. The summed E-state index contributed by atoms with van der Waals surface area (Å²) >= 11 is 0. The van der Waals surface area contributed by atoms with Gasteiger partial charge in [-0.05, 0) is 55.2 Å². The molecule has 5 rings (SSSR count). The summed E-state index contributed by atoms with van der Waals surface area (Å²) in [6.45, 7) is 2.54. The lowest BCUT2D eigenvalue weighted by Crippen LogP contribution is -2.36. The Morgan fingerprint density at radius 1 is 1.14 bits per heavy atom. The molecule has 0 radical (unpaired) electrons. The normalized spacial score (nSPS) is 14.8. The maximum absolute atomic E-state index is 15.6. The summed E-state index contributed by atoms with van der Waals surface area (Å²) in [6.07, 6.45) is 2.39. The van der Waals surface area contributed by atoms with Crippen LogP contribution >= 0.6 is 0 Å². The van der Waals surface area contributed by atoms with Crippen molar-refractivity contribution in [3.05, 3.63) is 78.2 Å². The average Bonchev–Trinajstić information content (AvgIpc) is 3.52. The Morgan fingerprint density at radius 3 is 2.57 bits per heavy atom. The number of ether oxygens (including phenoxy) is 1. The summed E-state index contributed by atoms with van der Waals surface area (Å²) in [5.74, 6) is 4.81. The number of aromatic amines is 1. The van der Waals surface area contributed by atoms with Crippen LogP contribution in [0.1, 0.15) is 23.7 Å². The van der Waals surface area contributed by atoms with Gasteiger partial charge >= 0.3 is 0 Å². The van der Waals surface area contributed by atoms with Crippen LogP contribution in [0.15, 0.2) is 66.9 Å². The highest BCUT2D eigenvalue weighted by atomic mass is 19.1. The van der Waals surface area contributed by atoms with Crippen molar-refractivity contribution in [2.24, 2.45) is 5.73 Å². The molecule has 2 heterocycles. The molecular formula is C29H25FN4O3. The van der Waals surface area contributed by atoms with Crippen molar-refractivity contribution in [1.82, 2.24) is 10.3 Å². The van der Waals surface area contributed by atoms with Crippen molar-refractivity contribution in [2.45, 2.75) is 19.4 Å². The molecule has 1 atom stereocenters. The summed E-state index contributed by atoms with van der Waals surface area (Å²) in [5.41, 5.74) is 8.03. The number of para-hydroxylation sites is 1. The molecule has 1 fully saturated rings. The third-order valence-electron chi connectivity index (χ3n) is 6.37. The number of aromatic nitrogens is 1. The highest BCUT2D eigenvalue weighted by molar-refractivity contribution is 6.13. The van der Waals surface area contributed by atoms with Crippen molar-refractivity contribution < 1.29 is 18.7 Å². The lowest BCUT2D eigenvalue weighted by molar-refractivity contribution is -0.116. The summed E-state index contributed by atoms with van der Waals surface area (Å²) in [7, 11) is 0. The Kier molecular flexibility index (Phi) is 6.52. The first-order valence-corrected chi connectivity index (χ1v) is 11.9. The van der Waals surface area contributed by atoms with E-state index in [0.717, 1.165) is 16.9 Å². The lowest BCUT2D eigenvalue weighted by atomic mass is 10.00. The monoisotopic (exact) mass is 496 g/mol. The van der Waals surface area contributed by atoms with E-state index < -0.39 is 11.7 Å². The predicted molar refractivity (Wildman–Crippen MR) is 141 cm³/mol. The third kappa shape index (κ3) is 4.84. The molecule has 186 valence electrons. The van der Waals surface area contributed by atoms with Gasteiger partial charge < -0.3 is 25.7 Å². The zero-order valence-corrected chi connectivity index (χ0v) is 20.2. The van der Waals surface area contributed by atoms with E-state index in [-0.39, 0.29) is 17.5 Å². The number of primary amides is 1. The van der Waals surface area contributed by atoms with Gasteiger partial charge in [-0.25, -0.2) is 4.39 Å². The van der Waals surface area contributed by atoms with E-state index in [1.54, 1.807) is 13.1 Å². The SMILES string of the molecule is CC#CC(=O)N[C@@H]1CCN(c2c(F)cc(C(N)=O)c3[nH]cc(-c4ccc(Oc5ccccc5)cc4)c23)C1. The van der Waals surface area contributed by atoms with Gasteiger partial charge in [0.15, 0.2) is 0 Å². The number of hydrogen-bond donors (Lipinski definition) is 3. The lowest BCUT2D eigenvalue weighted by Gasteiger charge is -2.22. The van der Waals surface area contributed by atoms with Gasteiger partial charge in [0, 0.05) is 36.3 Å². The molecule has 4 N–H and O–H groups in total. The number of amides is 2. The standard InChI is InChI=1S/C29H25FN4O3/c1-2-6-25(35)33-19-13-14-34(17-19)28-24(30)15-22(29(31)36)27-26(28)23(16-32-27)18-9-11-21(12-10-18)37-20-7-4-3-5-8-20/h3-5,7-12,15-16,19,32H,13-14,17H2,1H3,(H2,31,36)(H,33,35)/t19-/m1/s1. The molecule has 2 amide bonds. The van der Waals surface area contributed by atoms with Crippen LogP contribution in [-0.2, 0) is 4.79 Å². The minimum atomic E-state index is -0.722. The average molecular weight is 497 g/mol. The summed E-state index contributed by atoms with van der Waals surface area (Å²) in [4.78, 5) is 29.1. The van der Waals surface area contributed by atoms with Crippen molar-refractivity contribution >= 4 is 28.4 Å². The fraction of sp³-hybridized carbons (Fsp3) is 0.172. The number of nitrogens with two attached hydrogens (primary N) is 1. The van der Waals surface area contributed by atoms with Crippen LogP contribution in [0.2, 0.25) is 0 Å². The van der Waals surface area contributed by atoms with Crippen LogP contribution in [0.5, 0.6) is 11.5 Å². The van der Waals surface area contributed by atoms with Crippen molar-refractivity contribution in [2.75, 3.05) is 18.0 Å². The fourth-order valence-electron chi connectivity index (χ4n) is 4.74. The van der Waals surface area contributed by atoms with Gasteiger partial charge in [-0.2, -0.15) is 0 Å². The van der Waals surface area contributed by atoms with Crippen LogP contribution in [0.25, 0.3) is 22.0 Å². The smallest absolute Gasteiger partial charge is 0.296 e. The largest absolute Gasteiger partial charge is 0.457 e. The fourth-order valence-corrected chi connectivity index (χ4v) is 4.74. The molecule has 37 heavy (non-hydrogen) atoms. The first-order chi connectivity index (χ1) is 17.9. The maximum atomic E-state index is 15.6. The third-order valence-corrected chi connectivity index (χ3v) is 6.37. The summed E-state index contributed by atoms with van der Waals surface area (Å²) < 4.78 is 21.5. The molecule has 1 saturated heterocycles. The number of carbonyl (C=O) groups excluding carboxylic acids is 2. The highest BCUT2D eigenvalue weighted by Gasteiger charge is 2.30. The Hall–Kier alpha value is -4.77. The Balaban J connectivity index is 1.53. The Labute approximate surface area is 213 Å². The second-order valence-electron chi connectivity index (χ2n) is 8.79. The van der Waals surface area contributed by atoms with Crippen molar-refractivity contribution in [3.63, 3.8) is 0 Å². The van der Waals surface area contributed by atoms with Crippen LogP contribution < -0.4 is 20.7 Å². The Bertz CT molecular complexity index is 1530. The number of nitrogens with one attached hydrogen (secondary N) is 2. The molecule has 0 saturated carbocycles. The maximum Gasteiger partial charge on any atom is 0.296 e. The molecule has 4 aromatic rings. The number of hydrogen-bond acceptors (Lipinski definition) is 4. The number of halogens is 1. The van der Waals surface area contributed by atoms with Gasteiger partial charge in [0.05, 0.1) is 16.8 Å². The summed E-state index contributed by atoms with van der Waals surface area (Å²) in [5, 5.41) is 3.43. The number of fused-ring (bicyclic) bond motifs is 1. The van der Waals surface area contributed by atoms with E-state index in [1.807, 2.05) is 59.5 Å². The second kappa shape index (κ2) is 10.1. The van der Waals surface area contributed by atoms with Gasteiger partial charge in [0.1, 0.15) is 17.3 Å². The van der Waals surface area contributed by atoms with E-state index in [2.05, 4.69) is 22.1 Å². The number of benzene rings is 3. The molecule has 0 bridgehead atoms. The molecule has 7 nitrogen and oxygen atoms in total. The molecule has 1 aliphatic heterocycles. The van der Waals surface area contributed by atoms with Gasteiger partial charge in [-0.15, -0.1) is 0 Å². The molecule has 8 heteroatoms. The zero-order valence-electron chi connectivity index (χ0n) is 20.2. The number of rotatable bonds is 6. The Morgan fingerprint density at radius 2 is 1.86 bits per heavy atom. The zero-order chi connectivity index (χ0) is 25.9. The number of nitrogens with zero attached hydrogens (tertiary/aromatic N) is 1. The second-order valence-corrected chi connectivity index (χ2v) is 8.79.